The van der Waals surface area contributed by atoms with Crippen LogP contribution in [0.1, 0.15) is 33.5 Å². The van der Waals surface area contributed by atoms with Crippen LogP contribution >= 0.6 is 0 Å². The summed E-state index contributed by atoms with van der Waals surface area (Å²) in [6, 6.07) is 3.06. The van der Waals surface area contributed by atoms with E-state index in [0.29, 0.717) is 18.4 Å². The molecule has 0 spiro atoms. The Hall–Kier alpha value is -1.84. The molecular formula is C13H15NO3. The molecule has 0 radical (unpaired) electrons. The molecule has 90 valence electrons. The first kappa shape index (κ1) is 11.6. The summed E-state index contributed by atoms with van der Waals surface area (Å²) < 4.78 is 0. The van der Waals surface area contributed by atoms with Crippen LogP contribution in [0.2, 0.25) is 0 Å². The van der Waals surface area contributed by atoms with E-state index in [1.165, 1.54) is 0 Å². The van der Waals surface area contributed by atoms with Crippen molar-refractivity contribution in [2.45, 2.75) is 32.7 Å². The van der Waals surface area contributed by atoms with Crippen LogP contribution < -0.4 is 5.32 Å². The first-order chi connectivity index (χ1) is 7.99. The zero-order chi connectivity index (χ0) is 12.6. The van der Waals surface area contributed by atoms with Gasteiger partial charge in [-0.3, -0.25) is 4.79 Å². The lowest BCUT2D eigenvalue weighted by molar-refractivity contribution is -0.139. The Morgan fingerprint density at radius 3 is 2.76 bits per heavy atom. The van der Waals surface area contributed by atoms with Crippen LogP contribution in [-0.4, -0.2) is 23.0 Å². The number of aryl methyl sites for hydroxylation is 2. The number of carbonyl (C=O) groups is 2. The number of benzene rings is 1. The van der Waals surface area contributed by atoms with E-state index >= 15 is 0 Å². The van der Waals surface area contributed by atoms with Crippen LogP contribution in [0, 0.1) is 13.8 Å². The Bertz CT molecular complexity index is 494. The fraction of sp³-hybridized carbons (Fsp3) is 0.385. The number of hydrogen-bond donors (Lipinski definition) is 2. The van der Waals surface area contributed by atoms with Gasteiger partial charge >= 0.3 is 5.97 Å². The largest absolute Gasteiger partial charge is 0.480 e. The van der Waals surface area contributed by atoms with Gasteiger partial charge < -0.3 is 10.4 Å². The van der Waals surface area contributed by atoms with E-state index < -0.39 is 12.0 Å². The third-order valence-electron chi connectivity index (χ3n) is 3.15. The molecule has 1 amide bonds. The monoisotopic (exact) mass is 233 g/mol. The van der Waals surface area contributed by atoms with Gasteiger partial charge in [0.25, 0.3) is 5.91 Å². The van der Waals surface area contributed by atoms with E-state index in [0.717, 1.165) is 16.7 Å². The molecule has 2 rings (SSSR count). The fourth-order valence-electron chi connectivity index (χ4n) is 2.31. The molecule has 17 heavy (non-hydrogen) atoms. The van der Waals surface area contributed by atoms with Crippen LogP contribution in [0.4, 0.5) is 0 Å². The lowest BCUT2D eigenvalue weighted by atomic mass is 9.95. The maximum Gasteiger partial charge on any atom is 0.326 e. The van der Waals surface area contributed by atoms with E-state index in [2.05, 4.69) is 5.32 Å². The molecule has 1 aromatic rings. The smallest absolute Gasteiger partial charge is 0.326 e. The summed E-state index contributed by atoms with van der Waals surface area (Å²) in [6.45, 7) is 3.89. The molecule has 4 nitrogen and oxygen atoms in total. The van der Waals surface area contributed by atoms with Gasteiger partial charge in [0, 0.05) is 5.56 Å². The van der Waals surface area contributed by atoms with E-state index in [9.17, 15) is 9.59 Å². The maximum absolute atomic E-state index is 12.0. The molecule has 0 aromatic heterocycles. The summed E-state index contributed by atoms with van der Waals surface area (Å²) in [5, 5.41) is 11.5. The van der Waals surface area contributed by atoms with Crippen LogP contribution in [0.15, 0.2) is 12.1 Å². The van der Waals surface area contributed by atoms with Crippen molar-refractivity contribution in [1.82, 2.24) is 5.32 Å². The van der Waals surface area contributed by atoms with Gasteiger partial charge in [0.05, 0.1) is 0 Å². The summed E-state index contributed by atoms with van der Waals surface area (Å²) in [5.74, 6) is -1.25. The Balaban J connectivity index is 2.44. The van der Waals surface area contributed by atoms with Gasteiger partial charge in [0.15, 0.2) is 0 Å². The van der Waals surface area contributed by atoms with Crippen molar-refractivity contribution < 1.29 is 14.7 Å². The highest BCUT2D eigenvalue weighted by Crippen LogP contribution is 2.22. The molecule has 1 aliphatic heterocycles. The van der Waals surface area contributed by atoms with E-state index in [1.807, 2.05) is 26.0 Å². The first-order valence-corrected chi connectivity index (χ1v) is 5.63. The van der Waals surface area contributed by atoms with Crippen LogP contribution in [0.5, 0.6) is 0 Å². The number of carboxylic acid groups (broad SMARTS) is 1. The zero-order valence-electron chi connectivity index (χ0n) is 9.91. The molecule has 0 aliphatic carbocycles. The highest BCUT2D eigenvalue weighted by atomic mass is 16.4. The average Bonchev–Trinajstić information content (AvgIpc) is 2.39. The summed E-state index contributed by atoms with van der Waals surface area (Å²) in [4.78, 5) is 22.9. The highest BCUT2D eigenvalue weighted by Gasteiger charge is 2.26. The van der Waals surface area contributed by atoms with Crippen molar-refractivity contribution >= 4 is 11.9 Å². The van der Waals surface area contributed by atoms with Gasteiger partial charge in [0.1, 0.15) is 6.04 Å². The molecule has 1 heterocycles. The van der Waals surface area contributed by atoms with E-state index in [4.69, 9.17) is 5.11 Å². The third-order valence-corrected chi connectivity index (χ3v) is 3.15. The lowest BCUT2D eigenvalue weighted by Crippen LogP contribution is -2.39. The molecule has 0 fully saturated rings. The van der Waals surface area contributed by atoms with Crippen molar-refractivity contribution in [2.75, 3.05) is 0 Å². The predicted molar refractivity (Wildman–Crippen MR) is 63.1 cm³/mol. The van der Waals surface area contributed by atoms with Gasteiger partial charge in [-0.1, -0.05) is 11.6 Å². The molecule has 0 saturated carbocycles. The molecular weight excluding hydrogens is 218 g/mol. The van der Waals surface area contributed by atoms with Gasteiger partial charge in [0.2, 0.25) is 0 Å². The van der Waals surface area contributed by atoms with Crippen LogP contribution in [-0.2, 0) is 11.2 Å². The quantitative estimate of drug-likeness (QED) is 0.771. The Labute approximate surface area is 99.6 Å². The molecule has 1 unspecified atom stereocenters. The zero-order valence-corrected chi connectivity index (χ0v) is 9.91. The number of fused-ring (bicyclic) bond motifs is 1. The minimum atomic E-state index is -0.972. The molecule has 0 saturated heterocycles. The van der Waals surface area contributed by atoms with Crippen molar-refractivity contribution in [3.05, 3.63) is 34.4 Å². The van der Waals surface area contributed by atoms with Gasteiger partial charge in [-0.2, -0.15) is 0 Å². The molecule has 1 aliphatic rings. The molecule has 0 bridgehead atoms. The number of carboxylic acids is 1. The number of rotatable bonds is 1. The van der Waals surface area contributed by atoms with Gasteiger partial charge in [-0.25, -0.2) is 4.79 Å². The van der Waals surface area contributed by atoms with Crippen LogP contribution in [0.3, 0.4) is 0 Å². The fourth-order valence-corrected chi connectivity index (χ4v) is 2.31. The number of hydrogen-bond acceptors (Lipinski definition) is 2. The molecule has 1 aromatic carbocycles. The molecule has 4 heteroatoms. The van der Waals surface area contributed by atoms with E-state index in [-0.39, 0.29) is 5.91 Å². The predicted octanol–water partition coefficient (Wildman–Crippen LogP) is 1.43. The number of nitrogens with one attached hydrogen (secondary N) is 1. The lowest BCUT2D eigenvalue weighted by Gasteiger charge is -2.10. The second-order valence-corrected chi connectivity index (χ2v) is 4.51. The average molecular weight is 233 g/mol. The Morgan fingerprint density at radius 2 is 2.12 bits per heavy atom. The summed E-state index contributed by atoms with van der Waals surface area (Å²) in [6.07, 6.45) is 1.06. The summed E-state index contributed by atoms with van der Waals surface area (Å²) in [7, 11) is 0. The Morgan fingerprint density at radius 1 is 1.41 bits per heavy atom. The van der Waals surface area contributed by atoms with Gasteiger partial charge in [-0.15, -0.1) is 0 Å². The maximum atomic E-state index is 12.0. The Kier molecular flexibility index (Phi) is 2.88. The molecule has 2 N–H and O–H groups in total. The SMILES string of the molecule is Cc1cc(C)c2c(c1)C(=O)NC(C(=O)O)CC2. The molecule has 1 atom stereocenters. The van der Waals surface area contributed by atoms with Gasteiger partial charge in [-0.05, 0) is 43.9 Å². The number of carbonyl (C=O) groups excluding carboxylic acids is 1. The second kappa shape index (κ2) is 4.20. The second-order valence-electron chi connectivity index (χ2n) is 4.51. The number of aliphatic carboxylic acids is 1. The normalized spacial score (nSPS) is 19.2. The topological polar surface area (TPSA) is 66.4 Å². The van der Waals surface area contributed by atoms with Crippen molar-refractivity contribution in [1.29, 1.82) is 0 Å². The minimum absolute atomic E-state index is 0.281. The van der Waals surface area contributed by atoms with Crippen molar-refractivity contribution in [3.63, 3.8) is 0 Å². The van der Waals surface area contributed by atoms with Crippen molar-refractivity contribution in [3.8, 4) is 0 Å². The highest BCUT2D eigenvalue weighted by molar-refractivity contribution is 5.99. The summed E-state index contributed by atoms with van der Waals surface area (Å²) >= 11 is 0. The van der Waals surface area contributed by atoms with Crippen LogP contribution in [0.25, 0.3) is 0 Å². The standard InChI is InChI=1S/C13H15NO3/c1-7-5-8(2)9-3-4-11(13(16)17)14-12(15)10(9)6-7/h5-6,11H,3-4H2,1-2H3,(H,14,15)(H,16,17). The summed E-state index contributed by atoms with van der Waals surface area (Å²) in [5.41, 5.74) is 3.66. The third kappa shape index (κ3) is 2.16. The minimum Gasteiger partial charge on any atom is -0.480 e. The van der Waals surface area contributed by atoms with E-state index in [1.54, 1.807) is 0 Å². The number of amides is 1. The van der Waals surface area contributed by atoms with Crippen molar-refractivity contribution in [2.24, 2.45) is 0 Å². The first-order valence-electron chi connectivity index (χ1n) is 5.63.